The fraction of sp³-hybridized carbons (Fsp3) is 0.158. The van der Waals surface area contributed by atoms with Crippen LogP contribution < -0.4 is 9.47 Å². The number of imidazole rings is 1. The highest BCUT2D eigenvalue weighted by molar-refractivity contribution is 5.86. The van der Waals surface area contributed by atoms with Gasteiger partial charge in [0.1, 0.15) is 23.9 Å². The van der Waals surface area contributed by atoms with Crippen LogP contribution in [0.25, 0.3) is 21.9 Å². The Morgan fingerprint density at radius 2 is 1.88 bits per heavy atom. The molecular formula is C19H17N3O2. The Kier molecular flexibility index (Phi) is 3.54. The van der Waals surface area contributed by atoms with E-state index < -0.39 is 0 Å². The molecule has 0 radical (unpaired) electrons. The largest absolute Gasteiger partial charge is 0.497 e. The Bertz CT molecular complexity index is 991. The number of hydrogen-bond acceptors (Lipinski definition) is 4. The summed E-state index contributed by atoms with van der Waals surface area (Å²) in [7, 11) is 1.65. The van der Waals surface area contributed by atoms with Gasteiger partial charge < -0.3 is 14.5 Å². The molecule has 0 unspecified atom stereocenters. The van der Waals surface area contributed by atoms with Gasteiger partial charge in [0, 0.05) is 17.1 Å². The highest BCUT2D eigenvalue weighted by atomic mass is 16.5. The zero-order valence-corrected chi connectivity index (χ0v) is 13.5. The van der Waals surface area contributed by atoms with E-state index in [1.807, 2.05) is 55.5 Å². The smallest absolute Gasteiger partial charge is 0.146 e. The number of fused-ring (bicyclic) bond motifs is 2. The number of H-pyrrole nitrogens is 1. The molecule has 2 aromatic heterocycles. The first-order valence-electron chi connectivity index (χ1n) is 7.75. The van der Waals surface area contributed by atoms with Crippen molar-refractivity contribution in [2.24, 2.45) is 0 Å². The summed E-state index contributed by atoms with van der Waals surface area (Å²) in [6.45, 7) is 2.32. The summed E-state index contributed by atoms with van der Waals surface area (Å²) in [6.07, 6.45) is 0. The molecule has 0 aliphatic carbocycles. The molecule has 4 aromatic rings. The number of ether oxygens (including phenoxy) is 2. The lowest BCUT2D eigenvalue weighted by Gasteiger charge is -2.10. The third-order valence-corrected chi connectivity index (χ3v) is 3.91. The molecule has 120 valence electrons. The zero-order chi connectivity index (χ0) is 16.5. The molecule has 5 nitrogen and oxygen atoms in total. The van der Waals surface area contributed by atoms with E-state index in [-0.39, 0.29) is 0 Å². The van der Waals surface area contributed by atoms with E-state index in [1.165, 1.54) is 0 Å². The lowest BCUT2D eigenvalue weighted by Crippen LogP contribution is -1.99. The first kappa shape index (κ1) is 14.5. The van der Waals surface area contributed by atoms with E-state index in [0.29, 0.717) is 6.61 Å². The van der Waals surface area contributed by atoms with E-state index in [0.717, 1.165) is 45.0 Å². The third kappa shape index (κ3) is 2.65. The van der Waals surface area contributed by atoms with Crippen molar-refractivity contribution in [2.75, 3.05) is 7.11 Å². The fourth-order valence-corrected chi connectivity index (χ4v) is 2.77. The summed E-state index contributed by atoms with van der Waals surface area (Å²) in [4.78, 5) is 12.4. The SMILES string of the molecule is COc1ccc2nc(C)cc(OCc3nc4ccccc4[nH]3)c2c1. The molecule has 0 atom stereocenters. The molecule has 5 heteroatoms. The number of aryl methyl sites for hydroxylation is 1. The first-order chi connectivity index (χ1) is 11.7. The van der Waals surface area contributed by atoms with Crippen LogP contribution in [0.5, 0.6) is 11.5 Å². The molecule has 4 rings (SSSR count). The summed E-state index contributed by atoms with van der Waals surface area (Å²) in [6, 6.07) is 15.7. The summed E-state index contributed by atoms with van der Waals surface area (Å²) >= 11 is 0. The molecule has 24 heavy (non-hydrogen) atoms. The number of nitrogens with zero attached hydrogens (tertiary/aromatic N) is 2. The second-order valence-corrected chi connectivity index (χ2v) is 5.63. The van der Waals surface area contributed by atoms with E-state index in [9.17, 15) is 0 Å². The van der Waals surface area contributed by atoms with Crippen molar-refractivity contribution in [1.29, 1.82) is 0 Å². The summed E-state index contributed by atoms with van der Waals surface area (Å²) in [5.41, 5.74) is 3.74. The van der Waals surface area contributed by atoms with Gasteiger partial charge in [-0.3, -0.25) is 4.98 Å². The van der Waals surface area contributed by atoms with Crippen molar-refractivity contribution in [3.8, 4) is 11.5 Å². The van der Waals surface area contributed by atoms with Crippen molar-refractivity contribution >= 4 is 21.9 Å². The van der Waals surface area contributed by atoms with Gasteiger partial charge in [-0.25, -0.2) is 4.98 Å². The van der Waals surface area contributed by atoms with Crippen LogP contribution in [0.2, 0.25) is 0 Å². The quantitative estimate of drug-likeness (QED) is 0.617. The Balaban J connectivity index is 1.67. The third-order valence-electron chi connectivity index (χ3n) is 3.91. The van der Waals surface area contributed by atoms with Crippen molar-refractivity contribution in [2.45, 2.75) is 13.5 Å². The maximum Gasteiger partial charge on any atom is 0.146 e. The van der Waals surface area contributed by atoms with E-state index >= 15 is 0 Å². The fourth-order valence-electron chi connectivity index (χ4n) is 2.77. The van der Waals surface area contributed by atoms with Crippen molar-refractivity contribution in [1.82, 2.24) is 15.0 Å². The van der Waals surface area contributed by atoms with Gasteiger partial charge in [0.05, 0.1) is 23.7 Å². The van der Waals surface area contributed by atoms with Gasteiger partial charge in [-0.2, -0.15) is 0 Å². The van der Waals surface area contributed by atoms with Crippen LogP contribution in [0.3, 0.4) is 0 Å². The van der Waals surface area contributed by atoms with Crippen LogP contribution in [-0.2, 0) is 6.61 Å². The minimum Gasteiger partial charge on any atom is -0.497 e. The van der Waals surface area contributed by atoms with Gasteiger partial charge in [-0.1, -0.05) is 12.1 Å². The predicted molar refractivity (Wildman–Crippen MR) is 93.5 cm³/mol. The van der Waals surface area contributed by atoms with Gasteiger partial charge in [0.2, 0.25) is 0 Å². The number of pyridine rings is 1. The van der Waals surface area contributed by atoms with Gasteiger partial charge in [-0.15, -0.1) is 0 Å². The molecule has 0 fully saturated rings. The molecule has 0 aliphatic rings. The molecule has 2 heterocycles. The van der Waals surface area contributed by atoms with Gasteiger partial charge >= 0.3 is 0 Å². The first-order valence-corrected chi connectivity index (χ1v) is 7.75. The normalized spacial score (nSPS) is 11.1. The molecule has 0 saturated heterocycles. The summed E-state index contributed by atoms with van der Waals surface area (Å²) in [5.74, 6) is 2.35. The lowest BCUT2D eigenvalue weighted by atomic mass is 10.1. The monoisotopic (exact) mass is 319 g/mol. The molecule has 0 spiro atoms. The molecule has 0 aliphatic heterocycles. The number of nitrogens with one attached hydrogen (secondary N) is 1. The number of methoxy groups -OCH3 is 1. The van der Waals surface area contributed by atoms with E-state index in [2.05, 4.69) is 15.0 Å². The second-order valence-electron chi connectivity index (χ2n) is 5.63. The number of aromatic nitrogens is 3. The molecule has 2 aromatic carbocycles. The molecule has 0 saturated carbocycles. The number of hydrogen-bond donors (Lipinski definition) is 1. The van der Waals surface area contributed by atoms with E-state index in [1.54, 1.807) is 7.11 Å². The van der Waals surface area contributed by atoms with E-state index in [4.69, 9.17) is 9.47 Å². The standard InChI is InChI=1S/C19H17N3O2/c1-12-9-18(14-10-13(23-2)7-8-15(14)20-12)24-11-19-21-16-5-3-4-6-17(16)22-19/h3-10H,11H2,1-2H3,(H,21,22). The lowest BCUT2D eigenvalue weighted by molar-refractivity contribution is 0.300. The van der Waals surface area contributed by atoms with Gasteiger partial charge in [0.15, 0.2) is 0 Å². The summed E-state index contributed by atoms with van der Waals surface area (Å²) < 4.78 is 11.3. The minimum absolute atomic E-state index is 0.366. The van der Waals surface area contributed by atoms with Crippen molar-refractivity contribution in [3.63, 3.8) is 0 Å². The highest BCUT2D eigenvalue weighted by Crippen LogP contribution is 2.29. The Morgan fingerprint density at radius 3 is 2.71 bits per heavy atom. The maximum atomic E-state index is 6.03. The Labute approximate surface area is 139 Å². The van der Waals surface area contributed by atoms with Crippen molar-refractivity contribution < 1.29 is 9.47 Å². The van der Waals surface area contributed by atoms with Crippen LogP contribution >= 0.6 is 0 Å². The van der Waals surface area contributed by atoms with Crippen LogP contribution in [0.1, 0.15) is 11.5 Å². The molecular weight excluding hydrogens is 302 g/mol. The minimum atomic E-state index is 0.366. The average molecular weight is 319 g/mol. The number of aromatic amines is 1. The van der Waals surface area contributed by atoms with Crippen LogP contribution in [0.15, 0.2) is 48.5 Å². The predicted octanol–water partition coefficient (Wildman–Crippen LogP) is 4.01. The van der Waals surface area contributed by atoms with Crippen LogP contribution in [0, 0.1) is 6.92 Å². The summed E-state index contributed by atoms with van der Waals surface area (Å²) in [5, 5.41) is 0.927. The Morgan fingerprint density at radius 1 is 1.00 bits per heavy atom. The number of benzene rings is 2. The zero-order valence-electron chi connectivity index (χ0n) is 13.5. The molecule has 0 bridgehead atoms. The highest BCUT2D eigenvalue weighted by Gasteiger charge is 2.09. The molecule has 1 N–H and O–H groups in total. The number of rotatable bonds is 4. The van der Waals surface area contributed by atoms with Gasteiger partial charge in [-0.05, 0) is 37.3 Å². The Hall–Kier alpha value is -3.08. The molecule has 0 amide bonds. The second kappa shape index (κ2) is 5.85. The average Bonchev–Trinajstić information content (AvgIpc) is 3.02. The number of para-hydroxylation sites is 2. The van der Waals surface area contributed by atoms with Crippen molar-refractivity contribution in [3.05, 3.63) is 60.0 Å². The topological polar surface area (TPSA) is 60.0 Å². The van der Waals surface area contributed by atoms with Crippen LogP contribution in [-0.4, -0.2) is 22.1 Å². The van der Waals surface area contributed by atoms with Gasteiger partial charge in [0.25, 0.3) is 0 Å². The maximum absolute atomic E-state index is 6.03. The van der Waals surface area contributed by atoms with Crippen LogP contribution in [0.4, 0.5) is 0 Å².